The van der Waals surface area contributed by atoms with Gasteiger partial charge in [0.1, 0.15) is 0 Å². The summed E-state index contributed by atoms with van der Waals surface area (Å²) in [5.41, 5.74) is 7.28. The van der Waals surface area contributed by atoms with Crippen LogP contribution >= 0.6 is 11.8 Å². The predicted molar refractivity (Wildman–Crippen MR) is 72.6 cm³/mol. The first-order valence-electron chi connectivity index (χ1n) is 5.29. The Morgan fingerprint density at radius 3 is 3.06 bits per heavy atom. The molecule has 4 heteroatoms. The molecule has 0 bridgehead atoms. The number of nitrogens with two attached hydrogens (primary N) is 1. The lowest BCUT2D eigenvalue weighted by atomic mass is 10.1. The number of thioether (sulfide) groups is 1. The van der Waals surface area contributed by atoms with Gasteiger partial charge >= 0.3 is 0 Å². The predicted octanol–water partition coefficient (Wildman–Crippen LogP) is 0.976. The van der Waals surface area contributed by atoms with E-state index in [9.17, 15) is 4.79 Å². The molecule has 0 aliphatic rings. The first-order valence-corrected chi connectivity index (χ1v) is 6.69. The van der Waals surface area contributed by atoms with Gasteiger partial charge in [0.25, 0.3) is 0 Å². The second-order valence-corrected chi connectivity index (χ2v) is 4.28. The average molecular weight is 248 g/mol. The lowest BCUT2D eigenvalue weighted by Crippen LogP contribution is -2.24. The third-order valence-electron chi connectivity index (χ3n) is 2.03. The molecule has 0 radical (unpaired) electrons. The van der Waals surface area contributed by atoms with Gasteiger partial charge in [0.15, 0.2) is 0 Å². The van der Waals surface area contributed by atoms with Gasteiger partial charge < -0.3 is 11.1 Å². The molecule has 0 aliphatic heterocycles. The van der Waals surface area contributed by atoms with Gasteiger partial charge in [-0.2, -0.15) is 11.8 Å². The Labute approximate surface area is 106 Å². The molecule has 0 saturated carbocycles. The van der Waals surface area contributed by atoms with Gasteiger partial charge in [0.2, 0.25) is 5.91 Å². The molecule has 0 heterocycles. The summed E-state index contributed by atoms with van der Waals surface area (Å²) in [6.45, 7) is 0.895. The number of hydrogen-bond acceptors (Lipinski definition) is 3. The monoisotopic (exact) mass is 248 g/mol. The molecule has 0 aromatic heterocycles. The molecule has 0 saturated heterocycles. The summed E-state index contributed by atoms with van der Waals surface area (Å²) < 4.78 is 0. The molecule has 3 N–H and O–H groups in total. The van der Waals surface area contributed by atoms with Crippen molar-refractivity contribution in [2.24, 2.45) is 5.73 Å². The number of carbonyl (C=O) groups is 1. The highest BCUT2D eigenvalue weighted by Crippen LogP contribution is 2.04. The highest BCUT2D eigenvalue weighted by Gasteiger charge is 1.99. The molecule has 0 atom stereocenters. The van der Waals surface area contributed by atoms with Crippen molar-refractivity contribution in [3.05, 3.63) is 35.4 Å². The topological polar surface area (TPSA) is 55.1 Å². The van der Waals surface area contributed by atoms with E-state index in [4.69, 9.17) is 5.73 Å². The number of carbonyl (C=O) groups excluding carboxylic acids is 1. The molecule has 1 aromatic rings. The second-order valence-electron chi connectivity index (χ2n) is 3.42. The van der Waals surface area contributed by atoms with Crippen LogP contribution in [-0.4, -0.2) is 24.5 Å². The van der Waals surface area contributed by atoms with Crippen molar-refractivity contribution in [3.63, 3.8) is 0 Å². The zero-order valence-corrected chi connectivity index (χ0v) is 10.6. The summed E-state index contributed by atoms with van der Waals surface area (Å²) in [6.07, 6.45) is 1.91. The first-order chi connectivity index (χ1) is 8.26. The van der Waals surface area contributed by atoms with E-state index >= 15 is 0 Å². The van der Waals surface area contributed by atoms with Gasteiger partial charge in [0, 0.05) is 12.1 Å². The second kappa shape index (κ2) is 7.77. The quantitative estimate of drug-likeness (QED) is 0.781. The molecule has 0 fully saturated rings. The summed E-state index contributed by atoms with van der Waals surface area (Å²) in [5, 5.41) is 2.85. The summed E-state index contributed by atoms with van der Waals surface area (Å²) in [6, 6.07) is 7.78. The molecular weight excluding hydrogens is 232 g/mol. The van der Waals surface area contributed by atoms with Gasteiger partial charge in [-0.05, 0) is 24.0 Å². The highest BCUT2D eigenvalue weighted by atomic mass is 32.2. The van der Waals surface area contributed by atoms with Crippen LogP contribution in [0, 0.1) is 11.8 Å². The Morgan fingerprint density at radius 1 is 1.53 bits per heavy atom. The van der Waals surface area contributed by atoms with E-state index in [0.717, 1.165) is 11.1 Å². The van der Waals surface area contributed by atoms with Gasteiger partial charge in [-0.15, -0.1) is 0 Å². The van der Waals surface area contributed by atoms with Crippen molar-refractivity contribution in [2.45, 2.75) is 6.54 Å². The van der Waals surface area contributed by atoms with E-state index in [1.54, 1.807) is 0 Å². The van der Waals surface area contributed by atoms with Crippen LogP contribution in [0.1, 0.15) is 11.1 Å². The average Bonchev–Trinajstić information content (AvgIpc) is 2.35. The van der Waals surface area contributed by atoms with Crippen molar-refractivity contribution < 1.29 is 4.79 Å². The largest absolute Gasteiger partial charge is 0.351 e. The molecule has 0 aliphatic carbocycles. The Balaban J connectivity index is 2.57. The van der Waals surface area contributed by atoms with Gasteiger partial charge in [-0.3, -0.25) is 4.79 Å². The summed E-state index contributed by atoms with van der Waals surface area (Å²) in [4.78, 5) is 11.3. The first kappa shape index (κ1) is 13.6. The zero-order valence-electron chi connectivity index (χ0n) is 9.82. The van der Waals surface area contributed by atoms with Crippen molar-refractivity contribution in [1.29, 1.82) is 0 Å². The SMILES string of the molecule is CSCC(=O)NCc1cccc(C#CCN)c1. The molecule has 17 heavy (non-hydrogen) atoms. The van der Waals surface area contributed by atoms with E-state index in [2.05, 4.69) is 17.2 Å². The van der Waals surface area contributed by atoms with E-state index < -0.39 is 0 Å². The van der Waals surface area contributed by atoms with Crippen molar-refractivity contribution in [3.8, 4) is 11.8 Å². The van der Waals surface area contributed by atoms with Crippen LogP contribution in [0.3, 0.4) is 0 Å². The third kappa shape index (κ3) is 5.43. The van der Waals surface area contributed by atoms with Crippen LogP contribution in [0.15, 0.2) is 24.3 Å². The molecule has 90 valence electrons. The number of benzene rings is 1. The fourth-order valence-corrected chi connectivity index (χ4v) is 1.66. The number of amides is 1. The normalized spacial score (nSPS) is 9.29. The number of rotatable bonds is 4. The Hall–Kier alpha value is -1.44. The van der Waals surface area contributed by atoms with Gasteiger partial charge in [0.05, 0.1) is 12.3 Å². The number of nitrogens with one attached hydrogen (secondary N) is 1. The molecule has 0 unspecified atom stereocenters. The molecule has 3 nitrogen and oxygen atoms in total. The standard InChI is InChI=1S/C13H16N2OS/c1-17-10-13(16)15-9-12-5-2-4-11(8-12)6-3-7-14/h2,4-5,8H,7,9-10,14H2,1H3,(H,15,16). The maximum Gasteiger partial charge on any atom is 0.230 e. The van der Waals surface area contributed by atoms with Crippen molar-refractivity contribution in [2.75, 3.05) is 18.6 Å². The van der Waals surface area contributed by atoms with E-state index in [0.29, 0.717) is 18.8 Å². The Bertz CT molecular complexity index is 435. The summed E-state index contributed by atoms with van der Waals surface area (Å²) >= 11 is 1.51. The Kier molecular flexibility index (Phi) is 6.23. The fourth-order valence-electron chi connectivity index (χ4n) is 1.29. The van der Waals surface area contributed by atoms with Crippen molar-refractivity contribution >= 4 is 17.7 Å². The fraction of sp³-hybridized carbons (Fsp3) is 0.308. The van der Waals surface area contributed by atoms with E-state index in [1.807, 2.05) is 30.5 Å². The highest BCUT2D eigenvalue weighted by molar-refractivity contribution is 7.99. The minimum absolute atomic E-state index is 0.0518. The maximum absolute atomic E-state index is 11.3. The molecule has 1 amide bonds. The van der Waals surface area contributed by atoms with E-state index in [1.165, 1.54) is 11.8 Å². The minimum atomic E-state index is 0.0518. The Morgan fingerprint density at radius 2 is 2.35 bits per heavy atom. The van der Waals surface area contributed by atoms with Crippen LogP contribution < -0.4 is 11.1 Å². The maximum atomic E-state index is 11.3. The summed E-state index contributed by atoms with van der Waals surface area (Å²) in [7, 11) is 0. The van der Waals surface area contributed by atoms with E-state index in [-0.39, 0.29) is 5.91 Å². The van der Waals surface area contributed by atoms with Gasteiger partial charge in [-0.1, -0.05) is 24.0 Å². The minimum Gasteiger partial charge on any atom is -0.351 e. The molecular formula is C13H16N2OS. The molecule has 0 spiro atoms. The van der Waals surface area contributed by atoms with Gasteiger partial charge in [-0.25, -0.2) is 0 Å². The van der Waals surface area contributed by atoms with Crippen LogP contribution in [-0.2, 0) is 11.3 Å². The van der Waals surface area contributed by atoms with Crippen LogP contribution in [0.2, 0.25) is 0 Å². The smallest absolute Gasteiger partial charge is 0.230 e. The van der Waals surface area contributed by atoms with Crippen LogP contribution in [0.4, 0.5) is 0 Å². The van der Waals surface area contributed by atoms with Crippen LogP contribution in [0.25, 0.3) is 0 Å². The molecule has 1 rings (SSSR count). The third-order valence-corrected chi connectivity index (χ3v) is 2.58. The zero-order chi connectivity index (χ0) is 12.5. The molecule has 1 aromatic carbocycles. The lowest BCUT2D eigenvalue weighted by molar-refractivity contribution is -0.118. The van der Waals surface area contributed by atoms with Crippen molar-refractivity contribution in [1.82, 2.24) is 5.32 Å². The summed E-state index contributed by atoms with van der Waals surface area (Å²) in [5.74, 6) is 6.31. The lowest BCUT2D eigenvalue weighted by Gasteiger charge is -2.04. The number of hydrogen-bond donors (Lipinski definition) is 2. The van der Waals surface area contributed by atoms with Crippen LogP contribution in [0.5, 0.6) is 0 Å².